The zero-order valence-corrected chi connectivity index (χ0v) is 11.4. The maximum absolute atomic E-state index is 5.97. The van der Waals surface area contributed by atoms with Crippen molar-refractivity contribution in [3.63, 3.8) is 0 Å². The molecule has 1 fully saturated rings. The first kappa shape index (κ1) is 12.8. The van der Waals surface area contributed by atoms with Crippen LogP contribution in [-0.4, -0.2) is 27.5 Å². The minimum absolute atomic E-state index is 0.551. The van der Waals surface area contributed by atoms with Crippen molar-refractivity contribution in [3.8, 4) is 0 Å². The van der Waals surface area contributed by atoms with Gasteiger partial charge in [-0.3, -0.25) is 4.90 Å². The monoisotopic (exact) mass is 253 g/mol. The zero-order valence-electron chi connectivity index (χ0n) is 10.6. The summed E-state index contributed by atoms with van der Waals surface area (Å²) in [5, 5.41) is 0.551. The SMILES string of the molecule is Cc1cc(Cl)nc(CN2CCCCCC2C)n1. The highest BCUT2D eigenvalue weighted by Crippen LogP contribution is 2.18. The lowest BCUT2D eigenvalue weighted by molar-refractivity contribution is 0.199. The molecule has 1 aromatic rings. The second-order valence-corrected chi connectivity index (χ2v) is 5.30. The predicted octanol–water partition coefficient (Wildman–Crippen LogP) is 3.20. The van der Waals surface area contributed by atoms with E-state index in [-0.39, 0.29) is 0 Å². The predicted molar refractivity (Wildman–Crippen MR) is 70.1 cm³/mol. The normalized spacial score (nSPS) is 22.4. The summed E-state index contributed by atoms with van der Waals surface area (Å²) >= 11 is 5.97. The van der Waals surface area contributed by atoms with Gasteiger partial charge in [0.15, 0.2) is 0 Å². The standard InChI is InChI=1S/C13H20ClN3/c1-10-8-12(14)16-13(15-10)9-17-7-5-3-4-6-11(17)2/h8,11H,3-7,9H2,1-2H3. The largest absolute Gasteiger partial charge is 0.293 e. The number of halogens is 1. The molecule has 0 aromatic carbocycles. The van der Waals surface area contributed by atoms with Gasteiger partial charge in [-0.2, -0.15) is 0 Å². The van der Waals surface area contributed by atoms with Crippen molar-refractivity contribution >= 4 is 11.6 Å². The molecule has 0 bridgehead atoms. The topological polar surface area (TPSA) is 29.0 Å². The van der Waals surface area contributed by atoms with Gasteiger partial charge in [0.2, 0.25) is 0 Å². The van der Waals surface area contributed by atoms with Gasteiger partial charge in [-0.05, 0) is 39.3 Å². The Bertz CT molecular complexity index is 361. The summed E-state index contributed by atoms with van der Waals surface area (Å²) in [6, 6.07) is 2.43. The highest BCUT2D eigenvalue weighted by Gasteiger charge is 2.18. The Labute approximate surface area is 108 Å². The lowest BCUT2D eigenvalue weighted by atomic mass is 10.1. The molecule has 2 heterocycles. The van der Waals surface area contributed by atoms with Crippen LogP contribution >= 0.6 is 11.6 Å². The van der Waals surface area contributed by atoms with Crippen LogP contribution in [0.5, 0.6) is 0 Å². The van der Waals surface area contributed by atoms with Gasteiger partial charge in [0.05, 0.1) is 6.54 Å². The molecule has 94 valence electrons. The Hall–Kier alpha value is -0.670. The summed E-state index contributed by atoms with van der Waals surface area (Å²) in [4.78, 5) is 11.2. The molecule has 1 saturated heterocycles. The van der Waals surface area contributed by atoms with Crippen LogP contribution in [0.15, 0.2) is 6.07 Å². The van der Waals surface area contributed by atoms with Gasteiger partial charge in [0.25, 0.3) is 0 Å². The zero-order chi connectivity index (χ0) is 12.3. The van der Waals surface area contributed by atoms with Crippen molar-refractivity contribution in [3.05, 3.63) is 22.7 Å². The Kier molecular flexibility index (Phi) is 4.35. The molecule has 1 atom stereocenters. The molecular weight excluding hydrogens is 234 g/mol. The van der Waals surface area contributed by atoms with Crippen molar-refractivity contribution in [1.82, 2.24) is 14.9 Å². The van der Waals surface area contributed by atoms with E-state index in [1.54, 1.807) is 6.07 Å². The average molecular weight is 254 g/mol. The molecule has 1 aliphatic heterocycles. The summed E-state index contributed by atoms with van der Waals surface area (Å²) in [7, 11) is 0. The summed E-state index contributed by atoms with van der Waals surface area (Å²) in [6.07, 6.45) is 5.24. The number of aryl methyl sites for hydroxylation is 1. The van der Waals surface area contributed by atoms with E-state index >= 15 is 0 Å². The van der Waals surface area contributed by atoms with Crippen LogP contribution in [0.1, 0.15) is 44.1 Å². The lowest BCUT2D eigenvalue weighted by Crippen LogP contribution is -2.32. The van der Waals surface area contributed by atoms with Gasteiger partial charge in [-0.15, -0.1) is 0 Å². The molecule has 0 spiro atoms. The number of rotatable bonds is 2. The van der Waals surface area contributed by atoms with E-state index in [0.29, 0.717) is 11.2 Å². The molecular formula is C13H20ClN3. The second kappa shape index (κ2) is 5.78. The first-order valence-electron chi connectivity index (χ1n) is 6.39. The molecule has 2 rings (SSSR count). The Balaban J connectivity index is 2.07. The summed E-state index contributed by atoms with van der Waals surface area (Å²) in [5.74, 6) is 0.851. The van der Waals surface area contributed by atoms with E-state index in [4.69, 9.17) is 11.6 Å². The number of aromatic nitrogens is 2. The molecule has 4 heteroatoms. The summed E-state index contributed by atoms with van der Waals surface area (Å²) < 4.78 is 0. The molecule has 0 radical (unpaired) electrons. The van der Waals surface area contributed by atoms with Gasteiger partial charge in [0, 0.05) is 11.7 Å². The minimum atomic E-state index is 0.551. The molecule has 1 aliphatic rings. The molecule has 0 saturated carbocycles. The lowest BCUT2D eigenvalue weighted by Gasteiger charge is -2.26. The molecule has 1 aromatic heterocycles. The van der Waals surface area contributed by atoms with Crippen LogP contribution in [0, 0.1) is 6.92 Å². The van der Waals surface area contributed by atoms with Crippen molar-refractivity contribution < 1.29 is 0 Å². The molecule has 0 amide bonds. The van der Waals surface area contributed by atoms with Crippen LogP contribution < -0.4 is 0 Å². The molecule has 1 unspecified atom stereocenters. The Morgan fingerprint density at radius 2 is 2.18 bits per heavy atom. The van der Waals surface area contributed by atoms with Crippen molar-refractivity contribution in [2.75, 3.05) is 6.54 Å². The maximum atomic E-state index is 5.97. The summed E-state index contributed by atoms with van der Waals surface area (Å²) in [6.45, 7) is 6.23. The highest BCUT2D eigenvalue weighted by atomic mass is 35.5. The fourth-order valence-electron chi connectivity index (χ4n) is 2.41. The van der Waals surface area contributed by atoms with Gasteiger partial charge in [-0.1, -0.05) is 24.4 Å². The van der Waals surface area contributed by atoms with E-state index < -0.39 is 0 Å². The smallest absolute Gasteiger partial charge is 0.144 e. The van der Waals surface area contributed by atoms with Gasteiger partial charge >= 0.3 is 0 Å². The Morgan fingerprint density at radius 3 is 2.94 bits per heavy atom. The first-order valence-corrected chi connectivity index (χ1v) is 6.77. The van der Waals surface area contributed by atoms with E-state index in [1.807, 2.05) is 6.92 Å². The minimum Gasteiger partial charge on any atom is -0.293 e. The van der Waals surface area contributed by atoms with Gasteiger partial charge in [-0.25, -0.2) is 9.97 Å². The van der Waals surface area contributed by atoms with E-state index in [0.717, 1.165) is 24.6 Å². The van der Waals surface area contributed by atoms with Crippen LogP contribution in [-0.2, 0) is 6.54 Å². The fourth-order valence-corrected chi connectivity index (χ4v) is 2.67. The third-order valence-electron chi connectivity index (χ3n) is 3.40. The van der Waals surface area contributed by atoms with Crippen molar-refractivity contribution in [2.24, 2.45) is 0 Å². The van der Waals surface area contributed by atoms with Crippen LogP contribution in [0.3, 0.4) is 0 Å². The van der Waals surface area contributed by atoms with Crippen LogP contribution in [0.4, 0.5) is 0 Å². The third kappa shape index (κ3) is 3.65. The molecule has 0 N–H and O–H groups in total. The first-order chi connectivity index (χ1) is 8.15. The number of likely N-dealkylation sites (tertiary alicyclic amines) is 1. The van der Waals surface area contributed by atoms with E-state index in [1.165, 1.54) is 25.7 Å². The molecule has 0 aliphatic carbocycles. The van der Waals surface area contributed by atoms with Gasteiger partial charge < -0.3 is 0 Å². The quantitative estimate of drug-likeness (QED) is 0.758. The highest BCUT2D eigenvalue weighted by molar-refractivity contribution is 6.29. The second-order valence-electron chi connectivity index (χ2n) is 4.92. The molecule has 17 heavy (non-hydrogen) atoms. The number of hydrogen-bond acceptors (Lipinski definition) is 3. The van der Waals surface area contributed by atoms with E-state index in [9.17, 15) is 0 Å². The number of nitrogens with zero attached hydrogens (tertiary/aromatic N) is 3. The van der Waals surface area contributed by atoms with E-state index in [2.05, 4.69) is 21.8 Å². The van der Waals surface area contributed by atoms with Crippen molar-refractivity contribution in [2.45, 2.75) is 52.1 Å². The van der Waals surface area contributed by atoms with Gasteiger partial charge in [0.1, 0.15) is 11.0 Å². The third-order valence-corrected chi connectivity index (χ3v) is 3.60. The Morgan fingerprint density at radius 1 is 1.35 bits per heavy atom. The van der Waals surface area contributed by atoms with Crippen LogP contribution in [0.25, 0.3) is 0 Å². The average Bonchev–Trinajstić information content (AvgIpc) is 2.43. The van der Waals surface area contributed by atoms with Crippen molar-refractivity contribution in [1.29, 1.82) is 0 Å². The maximum Gasteiger partial charge on any atom is 0.144 e. The summed E-state index contributed by atoms with van der Waals surface area (Å²) in [5.41, 5.74) is 0.947. The van der Waals surface area contributed by atoms with Crippen LogP contribution in [0.2, 0.25) is 5.15 Å². The number of hydrogen-bond donors (Lipinski definition) is 0. The molecule has 3 nitrogen and oxygen atoms in total. The fraction of sp³-hybridized carbons (Fsp3) is 0.692.